The summed E-state index contributed by atoms with van der Waals surface area (Å²) in [4.78, 5) is 9.31. The first-order chi connectivity index (χ1) is 30.6. The summed E-state index contributed by atoms with van der Waals surface area (Å²) in [5.74, 6) is 1.63. The maximum absolute atomic E-state index is 8.62. The van der Waals surface area contributed by atoms with Crippen LogP contribution in [0.2, 0.25) is 0 Å². The number of benzene rings is 6. The summed E-state index contributed by atoms with van der Waals surface area (Å²) in [6.07, 6.45) is 1.60. The van der Waals surface area contributed by atoms with Crippen molar-refractivity contribution in [3.63, 3.8) is 0 Å². The number of rotatable bonds is 6. The van der Waals surface area contributed by atoms with Crippen molar-refractivity contribution in [1.82, 2.24) is 9.55 Å². The molecule has 2 aromatic heterocycles. The van der Waals surface area contributed by atoms with E-state index in [1.807, 2.05) is 41.8 Å². The minimum Gasteiger partial charge on any atom is -0.509 e. The first-order valence-electron chi connectivity index (χ1n) is 23.0. The Morgan fingerprint density at radius 1 is 0.639 bits per heavy atom. The minimum atomic E-state index is -0.428. The van der Waals surface area contributed by atoms with Crippen molar-refractivity contribution in [2.45, 2.75) is 85.5 Å². The fourth-order valence-electron chi connectivity index (χ4n) is 7.88. The Bertz CT molecular complexity index is 3150. The van der Waals surface area contributed by atoms with E-state index in [0.29, 0.717) is 28.4 Å². The van der Waals surface area contributed by atoms with E-state index in [1.165, 1.54) is 16.7 Å². The molecule has 0 unspecified atom stereocenters. The van der Waals surface area contributed by atoms with E-state index in [1.54, 1.807) is 6.20 Å². The number of pyridine rings is 1. The molecule has 0 bridgehead atoms. The van der Waals surface area contributed by atoms with Gasteiger partial charge in [-0.15, -0.1) is 48.1 Å². The maximum atomic E-state index is 8.62. The van der Waals surface area contributed by atoms with Gasteiger partial charge in [0.25, 0.3) is 0 Å². The van der Waals surface area contributed by atoms with E-state index in [4.69, 9.17) is 16.6 Å². The zero-order chi connectivity index (χ0) is 46.5. The van der Waals surface area contributed by atoms with Crippen molar-refractivity contribution in [2.75, 3.05) is 9.80 Å². The predicted octanol–water partition coefficient (Wildman–Crippen LogP) is 14.8. The van der Waals surface area contributed by atoms with Crippen molar-refractivity contribution in [3.8, 4) is 28.4 Å². The average molecular weight is 986 g/mol. The van der Waals surface area contributed by atoms with Crippen molar-refractivity contribution < 1.29 is 32.7 Å². The first kappa shape index (κ1) is 36.1. The van der Waals surface area contributed by atoms with E-state index in [2.05, 4.69) is 158 Å². The molecule has 0 amide bonds. The zero-order valence-electron chi connectivity index (χ0n) is 41.4. The quantitative estimate of drug-likeness (QED) is 0.156. The van der Waals surface area contributed by atoms with Crippen LogP contribution in [0, 0.1) is 25.7 Å². The monoisotopic (exact) mass is 985 g/mol. The van der Waals surface area contributed by atoms with Gasteiger partial charge in [0.05, 0.1) is 6.85 Å². The fraction of sp³-hybridized carbons (Fsp3) is 0.236. The molecule has 0 fully saturated rings. The van der Waals surface area contributed by atoms with Crippen LogP contribution in [0.3, 0.4) is 0 Å². The van der Waals surface area contributed by atoms with E-state index in [-0.39, 0.29) is 67.0 Å². The largest absolute Gasteiger partial charge is 0.509 e. The molecule has 1 aliphatic heterocycles. The molecule has 61 heavy (non-hydrogen) atoms. The Morgan fingerprint density at radius 2 is 1.30 bits per heavy atom. The number of hydrogen-bond donors (Lipinski definition) is 0. The van der Waals surface area contributed by atoms with Gasteiger partial charge < -0.3 is 19.1 Å². The summed E-state index contributed by atoms with van der Waals surface area (Å²) in [7, 11) is 0. The number of para-hydroxylation sites is 2. The summed E-state index contributed by atoms with van der Waals surface area (Å²) >= 11 is 0. The molecule has 0 N–H and O–H groups in total. The summed E-state index contributed by atoms with van der Waals surface area (Å²) in [5.41, 5.74) is 10.6. The van der Waals surface area contributed by atoms with E-state index >= 15 is 0 Å². The Morgan fingerprint density at radius 3 is 1.95 bits per heavy atom. The molecule has 0 aliphatic carbocycles. The van der Waals surface area contributed by atoms with E-state index in [9.17, 15) is 0 Å². The second kappa shape index (κ2) is 15.7. The van der Waals surface area contributed by atoms with Gasteiger partial charge in [0, 0.05) is 66.9 Å². The third kappa shape index (κ3) is 8.01. The molecule has 9 rings (SSSR count). The molecule has 8 aromatic rings. The number of fused-ring (bicyclic) bond motifs is 4. The molecule has 0 radical (unpaired) electrons. The van der Waals surface area contributed by atoms with Gasteiger partial charge in [-0.25, -0.2) is 4.98 Å². The molecule has 3 heterocycles. The van der Waals surface area contributed by atoms with Gasteiger partial charge in [-0.1, -0.05) is 128 Å². The average Bonchev–Trinajstić information content (AvgIpc) is 3.80. The van der Waals surface area contributed by atoms with Gasteiger partial charge in [-0.3, -0.25) is 0 Å². The van der Waals surface area contributed by atoms with Gasteiger partial charge in [0.15, 0.2) is 0 Å². The number of aryl methyl sites for hydroxylation is 1. The standard InChI is InChI=1S/C55H53N4O.Pt/c1-36-27-52(56-34-47(36)37-17-12-11-13-18-37)59-48-26-23-38(53(2,3)4)31-46(48)45-25-24-44(33-51(45)59)60-43-20-16-19-41(32-43)57-35-58(50-22-15-14-21-49(50)57)42-29-39(54(5,6)7)28-40(30-42)55(8,9)10;/h11-31,34-35H,1-10H3;/q-3;/i11D,12D,13D,17D,18D;. The Labute approximate surface area is 383 Å². The number of ether oxygens (including phenoxy) is 1. The molecular formula is C55H53N4OPt-3. The Kier molecular flexibility index (Phi) is 9.27. The molecule has 5 nitrogen and oxygen atoms in total. The number of hydrogen-bond acceptors (Lipinski definition) is 4. The molecule has 0 saturated carbocycles. The number of nitrogens with zero attached hydrogens (tertiary/aromatic N) is 4. The van der Waals surface area contributed by atoms with Crippen LogP contribution in [0.1, 0.15) is 91.4 Å². The second-order valence-corrected chi connectivity index (χ2v) is 18.9. The van der Waals surface area contributed by atoms with Crippen LogP contribution in [0.4, 0.5) is 22.7 Å². The van der Waals surface area contributed by atoms with E-state index < -0.39 is 6.04 Å². The second-order valence-electron chi connectivity index (χ2n) is 18.9. The molecule has 0 atom stereocenters. The minimum absolute atomic E-state index is 0. The van der Waals surface area contributed by atoms with Crippen LogP contribution in [-0.2, 0) is 37.3 Å². The summed E-state index contributed by atoms with van der Waals surface area (Å²) < 4.78 is 50.5. The maximum Gasteiger partial charge on any atom is 0.135 e. The molecule has 0 saturated heterocycles. The van der Waals surface area contributed by atoms with Gasteiger partial charge in [0.1, 0.15) is 5.82 Å². The van der Waals surface area contributed by atoms with Crippen molar-refractivity contribution >= 4 is 44.6 Å². The van der Waals surface area contributed by atoms with Crippen LogP contribution in [0.25, 0.3) is 38.8 Å². The normalized spacial score (nSPS) is 14.3. The van der Waals surface area contributed by atoms with Crippen LogP contribution < -0.4 is 14.5 Å². The zero-order valence-corrected chi connectivity index (χ0v) is 38.7. The summed E-state index contributed by atoms with van der Waals surface area (Å²) in [6, 6.07) is 39.1. The third-order valence-corrected chi connectivity index (χ3v) is 11.4. The summed E-state index contributed by atoms with van der Waals surface area (Å²) in [5, 5.41) is 2.01. The Balaban J connectivity index is 0.00000592. The number of aromatic nitrogens is 2. The van der Waals surface area contributed by atoms with Gasteiger partial charge >= 0.3 is 0 Å². The molecule has 6 heteroatoms. The first-order valence-corrected chi connectivity index (χ1v) is 20.5. The van der Waals surface area contributed by atoms with Crippen molar-refractivity contribution in [2.24, 2.45) is 0 Å². The molecular weight excluding hydrogens is 928 g/mol. The number of anilines is 4. The van der Waals surface area contributed by atoms with Crippen LogP contribution in [-0.4, -0.2) is 9.55 Å². The SMILES string of the molecule is [2H]c1c([2H])c([2H])c(-c2cnc(-n3c4[c-]c(Oc5[c-]c(N6[CH-]N(c7cc(C(C)(C)C)cc(C(C)(C)C)c7)c7ccccc76)ccc5)ccc4c4cc(C(C)(C)C)ccc43)cc2C)c([2H])c1[2H].[Pt]. The van der Waals surface area contributed by atoms with Crippen molar-refractivity contribution in [1.29, 1.82) is 0 Å². The third-order valence-electron chi connectivity index (χ3n) is 11.4. The molecule has 6 aromatic carbocycles. The fourth-order valence-corrected chi connectivity index (χ4v) is 7.88. The Hall–Kier alpha value is -5.64. The molecule has 0 spiro atoms. The van der Waals surface area contributed by atoms with Crippen LogP contribution >= 0.6 is 0 Å². The smallest absolute Gasteiger partial charge is 0.135 e. The van der Waals surface area contributed by atoms with Crippen LogP contribution in [0.5, 0.6) is 11.5 Å². The predicted molar refractivity (Wildman–Crippen MR) is 250 cm³/mol. The summed E-state index contributed by atoms with van der Waals surface area (Å²) in [6.45, 7) is 24.2. The van der Waals surface area contributed by atoms with Gasteiger partial charge in [0.2, 0.25) is 0 Å². The molecule has 312 valence electrons. The topological polar surface area (TPSA) is 33.5 Å². The van der Waals surface area contributed by atoms with Gasteiger partial charge in [-0.2, -0.15) is 12.1 Å². The van der Waals surface area contributed by atoms with Crippen molar-refractivity contribution in [3.05, 3.63) is 175 Å². The van der Waals surface area contributed by atoms with E-state index in [0.717, 1.165) is 44.6 Å². The molecule has 1 aliphatic rings. The van der Waals surface area contributed by atoms with Crippen LogP contribution in [0.15, 0.2) is 133 Å². The van der Waals surface area contributed by atoms with Gasteiger partial charge in [-0.05, 0) is 92.8 Å².